The molecular weight excluding hydrogens is 254 g/mol. The molecule has 2 rings (SSSR count). The van der Waals surface area contributed by atoms with Gasteiger partial charge in [-0.25, -0.2) is 0 Å². The molecule has 0 unspecified atom stereocenters. The van der Waals surface area contributed by atoms with E-state index in [0.717, 1.165) is 11.3 Å². The SMILES string of the molecule is COc1ccccc1C1CC(=O)C(=CN(C)C)C(=O)C1. The van der Waals surface area contributed by atoms with Crippen molar-refractivity contribution >= 4 is 11.6 Å². The quantitative estimate of drug-likeness (QED) is 0.625. The van der Waals surface area contributed by atoms with Crippen LogP contribution in [0.5, 0.6) is 5.75 Å². The Morgan fingerprint density at radius 2 is 1.75 bits per heavy atom. The molecule has 1 aliphatic carbocycles. The molecule has 1 aromatic carbocycles. The molecule has 4 heteroatoms. The van der Waals surface area contributed by atoms with Crippen LogP contribution in [-0.4, -0.2) is 37.7 Å². The average Bonchev–Trinajstić information content (AvgIpc) is 2.42. The lowest BCUT2D eigenvalue weighted by Crippen LogP contribution is -2.26. The zero-order valence-corrected chi connectivity index (χ0v) is 12.1. The minimum Gasteiger partial charge on any atom is -0.496 e. The number of rotatable bonds is 3. The summed E-state index contributed by atoms with van der Waals surface area (Å²) in [5, 5.41) is 0. The molecule has 0 radical (unpaired) electrons. The lowest BCUT2D eigenvalue weighted by atomic mass is 9.80. The van der Waals surface area contributed by atoms with Gasteiger partial charge < -0.3 is 9.64 Å². The summed E-state index contributed by atoms with van der Waals surface area (Å²) in [6.45, 7) is 0. The Bertz CT molecular complexity index is 541. The van der Waals surface area contributed by atoms with E-state index in [1.165, 1.54) is 0 Å². The van der Waals surface area contributed by atoms with E-state index < -0.39 is 0 Å². The zero-order chi connectivity index (χ0) is 14.7. The number of methoxy groups -OCH3 is 1. The largest absolute Gasteiger partial charge is 0.496 e. The smallest absolute Gasteiger partial charge is 0.168 e. The molecule has 0 heterocycles. The van der Waals surface area contributed by atoms with Crippen LogP contribution in [0.4, 0.5) is 0 Å². The molecule has 1 fully saturated rings. The highest BCUT2D eigenvalue weighted by atomic mass is 16.5. The lowest BCUT2D eigenvalue weighted by molar-refractivity contribution is -0.124. The highest BCUT2D eigenvalue weighted by Crippen LogP contribution is 2.36. The van der Waals surface area contributed by atoms with Crippen LogP contribution in [0.1, 0.15) is 24.3 Å². The van der Waals surface area contributed by atoms with Gasteiger partial charge in [0, 0.05) is 39.1 Å². The van der Waals surface area contributed by atoms with Crippen molar-refractivity contribution in [2.24, 2.45) is 0 Å². The van der Waals surface area contributed by atoms with Crippen molar-refractivity contribution in [1.82, 2.24) is 4.90 Å². The molecule has 0 N–H and O–H groups in total. The molecule has 0 spiro atoms. The summed E-state index contributed by atoms with van der Waals surface area (Å²) in [4.78, 5) is 26.1. The third kappa shape index (κ3) is 2.90. The molecule has 106 valence electrons. The van der Waals surface area contributed by atoms with Crippen molar-refractivity contribution in [2.45, 2.75) is 18.8 Å². The summed E-state index contributed by atoms with van der Waals surface area (Å²) < 4.78 is 5.31. The third-order valence-electron chi connectivity index (χ3n) is 3.43. The second-order valence-electron chi connectivity index (χ2n) is 5.20. The first-order chi connectivity index (χ1) is 9.52. The van der Waals surface area contributed by atoms with Gasteiger partial charge in [0.25, 0.3) is 0 Å². The van der Waals surface area contributed by atoms with Gasteiger partial charge >= 0.3 is 0 Å². The fourth-order valence-electron chi connectivity index (χ4n) is 2.52. The number of benzene rings is 1. The first kappa shape index (κ1) is 14.3. The Labute approximate surface area is 119 Å². The molecule has 1 aliphatic rings. The van der Waals surface area contributed by atoms with Crippen molar-refractivity contribution in [1.29, 1.82) is 0 Å². The van der Waals surface area contributed by atoms with E-state index in [0.29, 0.717) is 18.4 Å². The van der Waals surface area contributed by atoms with E-state index in [1.807, 2.05) is 24.3 Å². The maximum atomic E-state index is 12.2. The molecule has 0 bridgehead atoms. The van der Waals surface area contributed by atoms with E-state index in [9.17, 15) is 9.59 Å². The number of allylic oxidation sites excluding steroid dienone is 1. The van der Waals surface area contributed by atoms with Crippen molar-refractivity contribution in [3.63, 3.8) is 0 Å². The second kappa shape index (κ2) is 5.90. The number of para-hydroxylation sites is 1. The number of hydrogen-bond acceptors (Lipinski definition) is 4. The van der Waals surface area contributed by atoms with Crippen molar-refractivity contribution < 1.29 is 14.3 Å². The summed E-state index contributed by atoms with van der Waals surface area (Å²) >= 11 is 0. The summed E-state index contributed by atoms with van der Waals surface area (Å²) in [6.07, 6.45) is 2.32. The zero-order valence-electron chi connectivity index (χ0n) is 12.1. The topological polar surface area (TPSA) is 46.6 Å². The van der Waals surface area contributed by atoms with Gasteiger partial charge in [0.2, 0.25) is 0 Å². The van der Waals surface area contributed by atoms with Gasteiger partial charge in [-0.2, -0.15) is 0 Å². The van der Waals surface area contributed by atoms with Gasteiger partial charge in [0.1, 0.15) is 5.75 Å². The van der Waals surface area contributed by atoms with Gasteiger partial charge in [-0.1, -0.05) is 18.2 Å². The molecule has 0 atom stereocenters. The van der Waals surface area contributed by atoms with Crippen LogP contribution in [0, 0.1) is 0 Å². The predicted octanol–water partition coefficient (Wildman–Crippen LogP) is 2.16. The number of ketones is 2. The fourth-order valence-corrected chi connectivity index (χ4v) is 2.52. The lowest BCUT2D eigenvalue weighted by Gasteiger charge is -2.24. The van der Waals surface area contributed by atoms with E-state index >= 15 is 0 Å². The minimum absolute atomic E-state index is 0.0918. The number of carbonyl (C=O) groups excluding carboxylic acids is 2. The van der Waals surface area contributed by atoms with Crippen LogP contribution < -0.4 is 4.74 Å². The summed E-state index contributed by atoms with van der Waals surface area (Å²) in [5.74, 6) is 0.459. The van der Waals surface area contributed by atoms with Crippen molar-refractivity contribution in [2.75, 3.05) is 21.2 Å². The third-order valence-corrected chi connectivity index (χ3v) is 3.43. The van der Waals surface area contributed by atoms with Crippen LogP contribution in [0.3, 0.4) is 0 Å². The fraction of sp³-hybridized carbons (Fsp3) is 0.375. The maximum Gasteiger partial charge on any atom is 0.168 e. The van der Waals surface area contributed by atoms with Crippen LogP contribution in [0.15, 0.2) is 36.0 Å². The first-order valence-corrected chi connectivity index (χ1v) is 6.60. The van der Waals surface area contributed by atoms with E-state index in [-0.39, 0.29) is 17.5 Å². The molecule has 0 saturated heterocycles. The Morgan fingerprint density at radius 1 is 1.15 bits per heavy atom. The van der Waals surface area contributed by atoms with Crippen molar-refractivity contribution in [3.05, 3.63) is 41.6 Å². The van der Waals surface area contributed by atoms with Crippen LogP contribution in [-0.2, 0) is 9.59 Å². The molecular formula is C16H19NO3. The van der Waals surface area contributed by atoms with E-state index in [1.54, 1.807) is 32.3 Å². The number of Topliss-reactive ketones (excluding diaryl/α,β-unsaturated/α-hetero) is 2. The summed E-state index contributed by atoms with van der Waals surface area (Å²) in [7, 11) is 5.21. The monoisotopic (exact) mass is 273 g/mol. The van der Waals surface area contributed by atoms with Crippen LogP contribution in [0.2, 0.25) is 0 Å². The molecule has 1 saturated carbocycles. The normalized spacial score (nSPS) is 18.9. The van der Waals surface area contributed by atoms with Gasteiger partial charge in [0.15, 0.2) is 11.6 Å². The van der Waals surface area contributed by atoms with Crippen LogP contribution >= 0.6 is 0 Å². The van der Waals surface area contributed by atoms with Crippen molar-refractivity contribution in [3.8, 4) is 5.75 Å². The molecule has 4 nitrogen and oxygen atoms in total. The standard InChI is InChI=1S/C16H19NO3/c1-17(2)10-13-14(18)8-11(9-15(13)19)12-6-4-5-7-16(12)20-3/h4-7,10-11H,8-9H2,1-3H3. The highest BCUT2D eigenvalue weighted by Gasteiger charge is 2.32. The molecule has 1 aromatic rings. The number of carbonyl (C=O) groups is 2. The second-order valence-corrected chi connectivity index (χ2v) is 5.20. The molecule has 0 aliphatic heterocycles. The summed E-state index contributed by atoms with van der Waals surface area (Å²) in [5.41, 5.74) is 1.24. The Morgan fingerprint density at radius 3 is 2.30 bits per heavy atom. The van der Waals surface area contributed by atoms with E-state index in [2.05, 4.69) is 0 Å². The van der Waals surface area contributed by atoms with E-state index in [4.69, 9.17) is 4.74 Å². The van der Waals surface area contributed by atoms with Crippen LogP contribution in [0.25, 0.3) is 0 Å². The molecule has 0 aromatic heterocycles. The predicted molar refractivity (Wildman–Crippen MR) is 76.8 cm³/mol. The van der Waals surface area contributed by atoms with Gasteiger partial charge in [-0.15, -0.1) is 0 Å². The van der Waals surface area contributed by atoms with Gasteiger partial charge in [-0.05, 0) is 11.6 Å². The minimum atomic E-state index is -0.0922. The molecule has 0 amide bonds. The van der Waals surface area contributed by atoms with Gasteiger partial charge in [-0.3, -0.25) is 9.59 Å². The number of nitrogens with zero attached hydrogens (tertiary/aromatic N) is 1. The Hall–Kier alpha value is -2.10. The first-order valence-electron chi connectivity index (χ1n) is 6.60. The molecule has 20 heavy (non-hydrogen) atoms. The number of hydrogen-bond donors (Lipinski definition) is 0. The average molecular weight is 273 g/mol. The summed E-state index contributed by atoms with van der Waals surface area (Å²) in [6, 6.07) is 7.56. The Balaban J connectivity index is 2.27. The van der Waals surface area contributed by atoms with Gasteiger partial charge in [0.05, 0.1) is 12.7 Å². The Kier molecular flexibility index (Phi) is 4.23. The maximum absolute atomic E-state index is 12.2. The number of ether oxygens (including phenoxy) is 1. The highest BCUT2D eigenvalue weighted by molar-refractivity contribution is 6.22.